The molecule has 2 heterocycles. The smallest absolute Gasteiger partial charge is 0.292 e. The van der Waals surface area contributed by atoms with E-state index in [1.54, 1.807) is 6.07 Å². The van der Waals surface area contributed by atoms with Crippen LogP contribution in [-0.2, 0) is 11.3 Å². The summed E-state index contributed by atoms with van der Waals surface area (Å²) in [5, 5.41) is 0.679. The van der Waals surface area contributed by atoms with E-state index in [9.17, 15) is 4.79 Å². The van der Waals surface area contributed by atoms with E-state index in [1.165, 1.54) is 11.3 Å². The molecule has 26 heavy (non-hydrogen) atoms. The Kier molecular flexibility index (Phi) is 4.46. The van der Waals surface area contributed by atoms with Crippen LogP contribution in [0.3, 0.4) is 0 Å². The second kappa shape index (κ2) is 6.78. The lowest BCUT2D eigenvalue weighted by atomic mass is 10.2. The molecule has 0 unspecified atom stereocenters. The van der Waals surface area contributed by atoms with Gasteiger partial charge in [0.2, 0.25) is 6.10 Å². The summed E-state index contributed by atoms with van der Waals surface area (Å²) in [6, 6.07) is 11.1. The lowest BCUT2D eigenvalue weighted by Crippen LogP contribution is -2.36. The lowest BCUT2D eigenvalue weighted by molar-refractivity contribution is -0.127. The largest absolute Gasteiger partial charge is 0.485 e. The number of carbonyl (C=O) groups excluding carboxylic acids is 1. The van der Waals surface area contributed by atoms with E-state index >= 15 is 0 Å². The average Bonchev–Trinajstić information content (AvgIpc) is 2.98. The van der Waals surface area contributed by atoms with Gasteiger partial charge in [-0.25, -0.2) is 0 Å². The van der Waals surface area contributed by atoms with Crippen LogP contribution in [0, 0.1) is 6.92 Å². The highest BCUT2D eigenvalue weighted by Gasteiger charge is 2.27. The zero-order valence-electron chi connectivity index (χ0n) is 14.4. The maximum absolute atomic E-state index is 12.7. The Morgan fingerprint density at radius 3 is 2.88 bits per heavy atom. The quantitative estimate of drug-likeness (QED) is 0.667. The van der Waals surface area contributed by atoms with Crippen molar-refractivity contribution in [1.82, 2.24) is 4.57 Å². The van der Waals surface area contributed by atoms with Crippen LogP contribution in [0.15, 0.2) is 41.4 Å². The maximum atomic E-state index is 12.7. The molecule has 2 aromatic carbocycles. The summed E-state index contributed by atoms with van der Waals surface area (Å²) in [4.78, 5) is 17.6. The Morgan fingerprint density at radius 1 is 1.35 bits per heavy atom. The molecule has 1 aromatic heterocycles. The van der Waals surface area contributed by atoms with Crippen LogP contribution < -0.4 is 14.3 Å². The number of amides is 1. The summed E-state index contributed by atoms with van der Waals surface area (Å²) < 4.78 is 14.4. The SMILES string of the molecule is CCn1c(=NC(=O)[C@H]2COc3ccccc3O2)sc2cc(Cl)cc(C)c21. The van der Waals surface area contributed by atoms with Gasteiger partial charge in [0.25, 0.3) is 5.91 Å². The summed E-state index contributed by atoms with van der Waals surface area (Å²) in [6.45, 7) is 4.90. The van der Waals surface area contributed by atoms with Crippen molar-refractivity contribution < 1.29 is 14.3 Å². The first-order valence-electron chi connectivity index (χ1n) is 8.33. The summed E-state index contributed by atoms with van der Waals surface area (Å²) in [5.41, 5.74) is 2.12. The number of aryl methyl sites for hydroxylation is 2. The van der Waals surface area contributed by atoms with E-state index in [1.807, 2.05) is 48.7 Å². The normalized spacial score (nSPS) is 16.9. The van der Waals surface area contributed by atoms with Crippen molar-refractivity contribution in [2.75, 3.05) is 6.61 Å². The predicted molar refractivity (Wildman–Crippen MR) is 102 cm³/mol. The minimum Gasteiger partial charge on any atom is -0.485 e. The van der Waals surface area contributed by atoms with Gasteiger partial charge in [0, 0.05) is 11.6 Å². The van der Waals surface area contributed by atoms with Crippen molar-refractivity contribution in [3.8, 4) is 11.5 Å². The highest BCUT2D eigenvalue weighted by molar-refractivity contribution is 7.16. The number of benzene rings is 2. The fourth-order valence-corrected chi connectivity index (χ4v) is 4.62. The molecule has 1 amide bonds. The van der Waals surface area contributed by atoms with Crippen molar-refractivity contribution in [2.24, 2.45) is 4.99 Å². The molecule has 0 saturated carbocycles. The summed E-state index contributed by atoms with van der Waals surface area (Å²) >= 11 is 7.62. The standard InChI is InChI=1S/C19H17ClN2O3S/c1-3-22-17-11(2)8-12(20)9-16(17)26-19(22)21-18(23)15-10-24-13-6-4-5-7-14(13)25-15/h4-9,15H,3,10H2,1-2H3/t15-/m1/s1. The Labute approximate surface area is 159 Å². The first kappa shape index (κ1) is 17.1. The topological polar surface area (TPSA) is 52.8 Å². The number of ether oxygens (including phenoxy) is 2. The fourth-order valence-electron chi connectivity index (χ4n) is 3.06. The van der Waals surface area contributed by atoms with Gasteiger partial charge in [-0.2, -0.15) is 4.99 Å². The second-order valence-electron chi connectivity index (χ2n) is 6.01. The third kappa shape index (κ3) is 2.99. The van der Waals surface area contributed by atoms with Crippen molar-refractivity contribution >= 4 is 39.1 Å². The van der Waals surface area contributed by atoms with Crippen molar-refractivity contribution in [3.63, 3.8) is 0 Å². The molecule has 0 bridgehead atoms. The zero-order chi connectivity index (χ0) is 18.3. The molecule has 134 valence electrons. The molecule has 1 aliphatic rings. The van der Waals surface area contributed by atoms with Gasteiger partial charge >= 0.3 is 0 Å². The minimum atomic E-state index is -0.745. The van der Waals surface area contributed by atoms with E-state index in [-0.39, 0.29) is 12.5 Å². The number of hydrogen-bond acceptors (Lipinski definition) is 4. The number of fused-ring (bicyclic) bond motifs is 2. The summed E-state index contributed by atoms with van der Waals surface area (Å²) in [6.07, 6.45) is -0.745. The molecule has 7 heteroatoms. The molecule has 1 atom stereocenters. The van der Waals surface area contributed by atoms with Gasteiger partial charge in [0.1, 0.15) is 6.61 Å². The maximum Gasteiger partial charge on any atom is 0.292 e. The Bertz CT molecular complexity index is 1070. The molecule has 0 N–H and O–H groups in total. The number of halogens is 1. The fraction of sp³-hybridized carbons (Fsp3) is 0.263. The highest BCUT2D eigenvalue weighted by Crippen LogP contribution is 2.31. The molecule has 0 fully saturated rings. The van der Waals surface area contributed by atoms with Crippen molar-refractivity contribution in [2.45, 2.75) is 26.5 Å². The number of hydrogen-bond donors (Lipinski definition) is 0. The predicted octanol–water partition coefficient (Wildman–Crippen LogP) is 3.95. The van der Waals surface area contributed by atoms with Gasteiger partial charge in [0.15, 0.2) is 16.3 Å². The van der Waals surface area contributed by atoms with Crippen LogP contribution in [-0.4, -0.2) is 23.2 Å². The molecule has 0 radical (unpaired) electrons. The first-order chi connectivity index (χ1) is 12.6. The molecular formula is C19H17ClN2O3S. The summed E-state index contributed by atoms with van der Waals surface area (Å²) in [5.74, 6) is 0.860. The Morgan fingerprint density at radius 2 is 2.12 bits per heavy atom. The Balaban J connectivity index is 1.72. The van der Waals surface area contributed by atoms with Crippen LogP contribution in [0.25, 0.3) is 10.2 Å². The molecule has 1 aliphatic heterocycles. The number of para-hydroxylation sites is 2. The molecule has 3 aromatic rings. The number of aromatic nitrogens is 1. The molecule has 0 spiro atoms. The molecule has 0 aliphatic carbocycles. The third-order valence-electron chi connectivity index (χ3n) is 4.24. The molecule has 5 nitrogen and oxygen atoms in total. The van der Waals surface area contributed by atoms with E-state index in [0.29, 0.717) is 27.9 Å². The van der Waals surface area contributed by atoms with E-state index in [4.69, 9.17) is 21.1 Å². The molecule has 4 rings (SSSR count). The highest BCUT2D eigenvalue weighted by atomic mass is 35.5. The average molecular weight is 389 g/mol. The van der Waals surface area contributed by atoms with Crippen LogP contribution in [0.1, 0.15) is 12.5 Å². The number of nitrogens with zero attached hydrogens (tertiary/aromatic N) is 2. The van der Waals surface area contributed by atoms with Gasteiger partial charge in [-0.15, -0.1) is 0 Å². The van der Waals surface area contributed by atoms with Crippen LogP contribution in [0.4, 0.5) is 0 Å². The molecular weight excluding hydrogens is 372 g/mol. The monoisotopic (exact) mass is 388 g/mol. The second-order valence-corrected chi connectivity index (χ2v) is 7.46. The van der Waals surface area contributed by atoms with E-state index in [2.05, 4.69) is 4.99 Å². The van der Waals surface area contributed by atoms with Gasteiger partial charge in [0.05, 0.1) is 10.2 Å². The number of thiazole rings is 1. The Hall–Kier alpha value is -2.31. The van der Waals surface area contributed by atoms with Gasteiger partial charge in [-0.1, -0.05) is 35.1 Å². The van der Waals surface area contributed by atoms with E-state index in [0.717, 1.165) is 15.8 Å². The first-order valence-corrected chi connectivity index (χ1v) is 9.53. The molecule has 0 saturated heterocycles. The zero-order valence-corrected chi connectivity index (χ0v) is 15.9. The third-order valence-corrected chi connectivity index (χ3v) is 5.48. The van der Waals surface area contributed by atoms with E-state index < -0.39 is 6.10 Å². The lowest BCUT2D eigenvalue weighted by Gasteiger charge is -2.23. The van der Waals surface area contributed by atoms with Gasteiger partial charge in [-0.05, 0) is 43.7 Å². The van der Waals surface area contributed by atoms with Crippen LogP contribution in [0.5, 0.6) is 11.5 Å². The van der Waals surface area contributed by atoms with Gasteiger partial charge in [-0.3, -0.25) is 4.79 Å². The van der Waals surface area contributed by atoms with Crippen molar-refractivity contribution in [1.29, 1.82) is 0 Å². The summed E-state index contributed by atoms with van der Waals surface area (Å²) in [7, 11) is 0. The van der Waals surface area contributed by atoms with Crippen LogP contribution >= 0.6 is 22.9 Å². The van der Waals surface area contributed by atoms with Crippen LogP contribution in [0.2, 0.25) is 5.02 Å². The number of carbonyl (C=O) groups is 1. The minimum absolute atomic E-state index is 0.154. The van der Waals surface area contributed by atoms with Gasteiger partial charge < -0.3 is 14.0 Å². The van der Waals surface area contributed by atoms with Crippen molar-refractivity contribution in [3.05, 3.63) is 51.8 Å². The number of rotatable bonds is 2.